The standard InChI is InChI=1S/C16H19NO4/c1-3-20-15-9-12(5-6-13(15)17)21-14-7-4-11(10-18)8-16(14)19-2/h4-9,18H,3,10,17H2,1-2H3. The lowest BCUT2D eigenvalue weighted by Gasteiger charge is -2.13. The molecule has 0 amide bonds. The molecule has 5 nitrogen and oxygen atoms in total. The molecule has 5 heteroatoms. The lowest BCUT2D eigenvalue weighted by Crippen LogP contribution is -1.98. The van der Waals surface area contributed by atoms with Gasteiger partial charge in [0.15, 0.2) is 11.5 Å². The minimum Gasteiger partial charge on any atom is -0.493 e. The summed E-state index contributed by atoms with van der Waals surface area (Å²) in [5.41, 5.74) is 7.15. The van der Waals surface area contributed by atoms with E-state index >= 15 is 0 Å². The molecule has 0 saturated carbocycles. The normalized spacial score (nSPS) is 10.2. The van der Waals surface area contributed by atoms with E-state index in [0.717, 1.165) is 5.56 Å². The lowest BCUT2D eigenvalue weighted by atomic mass is 10.2. The fraction of sp³-hybridized carbons (Fsp3) is 0.250. The molecule has 0 heterocycles. The summed E-state index contributed by atoms with van der Waals surface area (Å²) >= 11 is 0. The van der Waals surface area contributed by atoms with Gasteiger partial charge in [0.25, 0.3) is 0 Å². The van der Waals surface area contributed by atoms with Crippen molar-refractivity contribution in [2.75, 3.05) is 19.5 Å². The molecule has 0 saturated heterocycles. The van der Waals surface area contributed by atoms with Gasteiger partial charge in [0.1, 0.15) is 11.5 Å². The van der Waals surface area contributed by atoms with Crippen molar-refractivity contribution < 1.29 is 19.3 Å². The number of ether oxygens (including phenoxy) is 3. The van der Waals surface area contributed by atoms with E-state index in [4.69, 9.17) is 25.1 Å². The third-order valence-corrected chi connectivity index (χ3v) is 2.92. The van der Waals surface area contributed by atoms with Gasteiger partial charge in [-0.25, -0.2) is 0 Å². The molecule has 2 rings (SSSR count). The zero-order valence-electron chi connectivity index (χ0n) is 12.1. The number of aliphatic hydroxyl groups is 1. The highest BCUT2D eigenvalue weighted by Gasteiger charge is 2.09. The molecule has 0 unspecified atom stereocenters. The molecular formula is C16H19NO4. The monoisotopic (exact) mass is 289 g/mol. The fourth-order valence-electron chi connectivity index (χ4n) is 1.88. The molecule has 0 aliphatic rings. The first-order chi connectivity index (χ1) is 10.2. The quantitative estimate of drug-likeness (QED) is 0.800. The van der Waals surface area contributed by atoms with Crippen LogP contribution in [-0.2, 0) is 6.61 Å². The van der Waals surface area contributed by atoms with E-state index < -0.39 is 0 Å². The zero-order chi connectivity index (χ0) is 15.2. The van der Waals surface area contributed by atoms with E-state index in [1.54, 1.807) is 43.5 Å². The Morgan fingerprint density at radius 2 is 1.86 bits per heavy atom. The summed E-state index contributed by atoms with van der Waals surface area (Å²) in [7, 11) is 1.55. The van der Waals surface area contributed by atoms with E-state index in [1.807, 2.05) is 6.92 Å². The predicted molar refractivity (Wildman–Crippen MR) is 81.0 cm³/mol. The van der Waals surface area contributed by atoms with Crippen LogP contribution in [0.25, 0.3) is 0 Å². The number of rotatable bonds is 6. The molecule has 0 bridgehead atoms. The number of nitrogens with two attached hydrogens (primary N) is 1. The Hall–Kier alpha value is -2.40. The minimum absolute atomic E-state index is 0.0486. The van der Waals surface area contributed by atoms with Crippen LogP contribution in [0.1, 0.15) is 12.5 Å². The fourth-order valence-corrected chi connectivity index (χ4v) is 1.88. The number of aliphatic hydroxyl groups excluding tert-OH is 1. The number of nitrogen functional groups attached to an aromatic ring is 1. The van der Waals surface area contributed by atoms with Crippen molar-refractivity contribution in [2.24, 2.45) is 0 Å². The molecule has 2 aromatic carbocycles. The third kappa shape index (κ3) is 3.58. The van der Waals surface area contributed by atoms with Crippen molar-refractivity contribution >= 4 is 5.69 Å². The molecule has 0 radical (unpaired) electrons. The van der Waals surface area contributed by atoms with Crippen LogP contribution >= 0.6 is 0 Å². The van der Waals surface area contributed by atoms with Gasteiger partial charge in [-0.05, 0) is 36.8 Å². The summed E-state index contributed by atoms with van der Waals surface area (Å²) < 4.78 is 16.5. The number of benzene rings is 2. The maximum Gasteiger partial charge on any atom is 0.169 e. The first kappa shape index (κ1) is 15.0. The Morgan fingerprint density at radius 1 is 1.05 bits per heavy atom. The largest absolute Gasteiger partial charge is 0.493 e. The third-order valence-electron chi connectivity index (χ3n) is 2.92. The summed E-state index contributed by atoms with van der Waals surface area (Å²) in [4.78, 5) is 0. The van der Waals surface area contributed by atoms with E-state index in [2.05, 4.69) is 0 Å². The molecule has 0 aliphatic heterocycles. The van der Waals surface area contributed by atoms with Crippen LogP contribution < -0.4 is 19.9 Å². The van der Waals surface area contributed by atoms with Crippen LogP contribution in [0.5, 0.6) is 23.0 Å². The minimum atomic E-state index is -0.0486. The topological polar surface area (TPSA) is 73.9 Å². The molecule has 0 fully saturated rings. The highest BCUT2D eigenvalue weighted by atomic mass is 16.5. The van der Waals surface area contributed by atoms with E-state index in [-0.39, 0.29) is 6.61 Å². The molecule has 21 heavy (non-hydrogen) atoms. The van der Waals surface area contributed by atoms with Gasteiger partial charge in [0.2, 0.25) is 0 Å². The van der Waals surface area contributed by atoms with Crippen LogP contribution in [0, 0.1) is 0 Å². The number of anilines is 1. The second-order valence-corrected chi connectivity index (χ2v) is 4.38. The van der Waals surface area contributed by atoms with Gasteiger partial charge in [0.05, 0.1) is 26.0 Å². The van der Waals surface area contributed by atoms with Gasteiger partial charge in [-0.1, -0.05) is 6.07 Å². The molecule has 0 aliphatic carbocycles. The summed E-state index contributed by atoms with van der Waals surface area (Å²) in [6, 6.07) is 10.5. The van der Waals surface area contributed by atoms with Gasteiger partial charge < -0.3 is 25.1 Å². The van der Waals surface area contributed by atoms with Gasteiger partial charge in [-0.3, -0.25) is 0 Å². The smallest absolute Gasteiger partial charge is 0.169 e. The van der Waals surface area contributed by atoms with E-state index in [1.165, 1.54) is 0 Å². The molecule has 3 N–H and O–H groups in total. The second kappa shape index (κ2) is 6.85. The first-order valence-electron chi connectivity index (χ1n) is 6.66. The van der Waals surface area contributed by atoms with Crippen molar-refractivity contribution in [1.82, 2.24) is 0 Å². The van der Waals surface area contributed by atoms with Crippen molar-refractivity contribution in [3.8, 4) is 23.0 Å². The maximum atomic E-state index is 9.14. The van der Waals surface area contributed by atoms with Crippen molar-refractivity contribution in [1.29, 1.82) is 0 Å². The Morgan fingerprint density at radius 3 is 2.52 bits per heavy atom. The molecule has 112 valence electrons. The van der Waals surface area contributed by atoms with Crippen LogP contribution in [0.3, 0.4) is 0 Å². The Kier molecular flexibility index (Phi) is 4.90. The summed E-state index contributed by atoms with van der Waals surface area (Å²) in [5, 5.41) is 9.14. The van der Waals surface area contributed by atoms with Gasteiger partial charge in [0, 0.05) is 6.07 Å². The van der Waals surface area contributed by atoms with Crippen LogP contribution in [-0.4, -0.2) is 18.8 Å². The SMILES string of the molecule is CCOc1cc(Oc2ccc(CO)cc2OC)ccc1N. The average Bonchev–Trinajstić information content (AvgIpc) is 2.51. The molecule has 2 aromatic rings. The van der Waals surface area contributed by atoms with Crippen LogP contribution in [0.15, 0.2) is 36.4 Å². The Bertz CT molecular complexity index is 613. The van der Waals surface area contributed by atoms with Crippen LogP contribution in [0.2, 0.25) is 0 Å². The lowest BCUT2D eigenvalue weighted by molar-refractivity contribution is 0.280. The Balaban J connectivity index is 2.27. The molecule has 0 atom stereocenters. The molecule has 0 spiro atoms. The number of methoxy groups -OCH3 is 1. The van der Waals surface area contributed by atoms with E-state index in [0.29, 0.717) is 35.3 Å². The average molecular weight is 289 g/mol. The molecular weight excluding hydrogens is 270 g/mol. The Labute approximate surface area is 123 Å². The summed E-state index contributed by atoms with van der Waals surface area (Å²) in [5.74, 6) is 2.29. The number of hydrogen-bond donors (Lipinski definition) is 2. The summed E-state index contributed by atoms with van der Waals surface area (Å²) in [6.45, 7) is 2.37. The zero-order valence-corrected chi connectivity index (χ0v) is 12.1. The predicted octanol–water partition coefficient (Wildman–Crippen LogP) is 2.96. The van der Waals surface area contributed by atoms with Gasteiger partial charge in [-0.15, -0.1) is 0 Å². The molecule has 0 aromatic heterocycles. The van der Waals surface area contributed by atoms with Crippen LogP contribution in [0.4, 0.5) is 5.69 Å². The number of hydrogen-bond acceptors (Lipinski definition) is 5. The van der Waals surface area contributed by atoms with Crippen molar-refractivity contribution in [3.63, 3.8) is 0 Å². The van der Waals surface area contributed by atoms with Gasteiger partial charge >= 0.3 is 0 Å². The highest BCUT2D eigenvalue weighted by Crippen LogP contribution is 2.35. The summed E-state index contributed by atoms with van der Waals surface area (Å²) in [6.07, 6.45) is 0. The first-order valence-corrected chi connectivity index (χ1v) is 6.66. The second-order valence-electron chi connectivity index (χ2n) is 4.38. The van der Waals surface area contributed by atoms with Crippen molar-refractivity contribution in [2.45, 2.75) is 13.5 Å². The van der Waals surface area contributed by atoms with Crippen molar-refractivity contribution in [3.05, 3.63) is 42.0 Å². The van der Waals surface area contributed by atoms with Gasteiger partial charge in [-0.2, -0.15) is 0 Å². The maximum absolute atomic E-state index is 9.14. The van der Waals surface area contributed by atoms with E-state index in [9.17, 15) is 0 Å². The highest BCUT2D eigenvalue weighted by molar-refractivity contribution is 5.56.